The molecule has 0 radical (unpaired) electrons. The molecule has 0 saturated carbocycles. The van der Waals surface area contributed by atoms with Crippen LogP contribution in [0.5, 0.6) is 0 Å². The average Bonchev–Trinajstić information content (AvgIpc) is 2.67. The number of alkyl halides is 3. The van der Waals surface area contributed by atoms with Crippen molar-refractivity contribution in [1.82, 2.24) is 14.9 Å². The maximum atomic E-state index is 12.5. The molecular formula is C17H14F3N5O. The molecule has 0 N–H and O–H groups in total. The monoisotopic (exact) mass is 361 g/mol. The molecule has 26 heavy (non-hydrogen) atoms. The third kappa shape index (κ3) is 3.59. The van der Waals surface area contributed by atoms with Crippen LogP contribution in [-0.4, -0.2) is 47.0 Å². The Bertz CT molecular complexity index is 837. The van der Waals surface area contributed by atoms with Crippen molar-refractivity contribution in [3.8, 4) is 6.07 Å². The van der Waals surface area contributed by atoms with Crippen LogP contribution in [0.2, 0.25) is 0 Å². The van der Waals surface area contributed by atoms with Gasteiger partial charge in [-0.15, -0.1) is 0 Å². The molecule has 3 rings (SSSR count). The second kappa shape index (κ2) is 7.00. The van der Waals surface area contributed by atoms with E-state index in [1.165, 1.54) is 0 Å². The van der Waals surface area contributed by atoms with E-state index >= 15 is 0 Å². The van der Waals surface area contributed by atoms with Gasteiger partial charge in [0.2, 0.25) is 0 Å². The van der Waals surface area contributed by atoms with Crippen LogP contribution in [0.4, 0.5) is 19.0 Å². The first-order valence-electron chi connectivity index (χ1n) is 7.83. The van der Waals surface area contributed by atoms with Gasteiger partial charge < -0.3 is 9.80 Å². The van der Waals surface area contributed by atoms with E-state index in [0.717, 1.165) is 18.3 Å². The Labute approximate surface area is 147 Å². The lowest BCUT2D eigenvalue weighted by atomic mass is 10.2. The van der Waals surface area contributed by atoms with E-state index in [1.807, 2.05) is 4.90 Å². The van der Waals surface area contributed by atoms with E-state index in [-0.39, 0.29) is 11.5 Å². The summed E-state index contributed by atoms with van der Waals surface area (Å²) in [4.78, 5) is 23.4. The molecule has 1 fully saturated rings. The highest BCUT2D eigenvalue weighted by molar-refractivity contribution is 5.94. The predicted molar refractivity (Wildman–Crippen MR) is 86.3 cm³/mol. The number of hydrogen-bond acceptors (Lipinski definition) is 5. The molecule has 0 bridgehead atoms. The van der Waals surface area contributed by atoms with Crippen molar-refractivity contribution >= 4 is 11.7 Å². The summed E-state index contributed by atoms with van der Waals surface area (Å²) in [5, 5.41) is 9.15. The highest BCUT2D eigenvalue weighted by atomic mass is 19.4. The van der Waals surface area contributed by atoms with Crippen LogP contribution in [0.3, 0.4) is 0 Å². The van der Waals surface area contributed by atoms with Crippen molar-refractivity contribution in [2.45, 2.75) is 6.18 Å². The highest BCUT2D eigenvalue weighted by Gasteiger charge is 2.32. The fourth-order valence-corrected chi connectivity index (χ4v) is 2.73. The molecule has 0 aromatic carbocycles. The number of halogens is 3. The predicted octanol–water partition coefficient (Wildman–Crippen LogP) is 2.33. The molecule has 1 aliphatic heterocycles. The molecule has 0 atom stereocenters. The quantitative estimate of drug-likeness (QED) is 0.821. The van der Waals surface area contributed by atoms with Gasteiger partial charge >= 0.3 is 6.18 Å². The van der Waals surface area contributed by atoms with Crippen molar-refractivity contribution in [2.75, 3.05) is 31.1 Å². The molecule has 0 unspecified atom stereocenters. The fourth-order valence-electron chi connectivity index (χ4n) is 2.73. The van der Waals surface area contributed by atoms with Gasteiger partial charge in [0.15, 0.2) is 0 Å². The summed E-state index contributed by atoms with van der Waals surface area (Å²) in [5.74, 6) is 0.200. The number of nitriles is 1. The molecule has 2 aromatic rings. The molecule has 9 heteroatoms. The highest BCUT2D eigenvalue weighted by Crippen LogP contribution is 2.27. The topological polar surface area (TPSA) is 73.1 Å². The normalized spacial score (nSPS) is 14.8. The summed E-state index contributed by atoms with van der Waals surface area (Å²) >= 11 is 0. The molecule has 0 aliphatic carbocycles. The zero-order valence-corrected chi connectivity index (χ0v) is 13.6. The first kappa shape index (κ1) is 17.7. The van der Waals surface area contributed by atoms with Crippen molar-refractivity contribution in [3.63, 3.8) is 0 Å². The van der Waals surface area contributed by atoms with Gasteiger partial charge in [0.25, 0.3) is 5.91 Å². The lowest BCUT2D eigenvalue weighted by molar-refractivity contribution is -0.141. The van der Waals surface area contributed by atoms with Crippen LogP contribution in [0.1, 0.15) is 21.6 Å². The summed E-state index contributed by atoms with van der Waals surface area (Å²) < 4.78 is 37.6. The number of carbonyl (C=O) groups excluding carboxylic acids is 1. The number of carbonyl (C=O) groups is 1. The Morgan fingerprint density at radius 3 is 2.42 bits per heavy atom. The summed E-state index contributed by atoms with van der Waals surface area (Å²) in [6.45, 7) is 1.71. The van der Waals surface area contributed by atoms with Crippen molar-refractivity contribution < 1.29 is 18.0 Å². The minimum atomic E-state index is -4.53. The number of pyridine rings is 2. The molecule has 2 aromatic heterocycles. The third-order valence-corrected chi connectivity index (χ3v) is 4.07. The van der Waals surface area contributed by atoms with E-state index in [4.69, 9.17) is 5.26 Å². The van der Waals surface area contributed by atoms with Crippen LogP contribution < -0.4 is 4.90 Å². The minimum absolute atomic E-state index is 0.113. The summed E-state index contributed by atoms with van der Waals surface area (Å²) in [5.41, 5.74) is -0.459. The lowest BCUT2D eigenvalue weighted by Gasteiger charge is -2.35. The first-order valence-corrected chi connectivity index (χ1v) is 7.83. The van der Waals surface area contributed by atoms with Gasteiger partial charge in [-0.2, -0.15) is 18.4 Å². The van der Waals surface area contributed by atoms with E-state index in [1.54, 1.807) is 23.2 Å². The second-order valence-electron chi connectivity index (χ2n) is 5.70. The number of hydrogen-bond donors (Lipinski definition) is 0. The number of anilines is 1. The van der Waals surface area contributed by atoms with E-state index in [9.17, 15) is 18.0 Å². The van der Waals surface area contributed by atoms with Gasteiger partial charge in [0.1, 0.15) is 17.6 Å². The fraction of sp³-hybridized carbons (Fsp3) is 0.294. The number of amides is 1. The maximum absolute atomic E-state index is 12.5. The molecule has 3 heterocycles. The summed E-state index contributed by atoms with van der Waals surface area (Å²) in [6, 6.07) is 7.38. The Morgan fingerprint density at radius 2 is 1.85 bits per heavy atom. The first-order chi connectivity index (χ1) is 12.4. The Balaban J connectivity index is 1.66. The number of piperazine rings is 1. The molecule has 6 nitrogen and oxygen atoms in total. The zero-order valence-electron chi connectivity index (χ0n) is 13.6. The molecular weight excluding hydrogens is 347 g/mol. The lowest BCUT2D eigenvalue weighted by Crippen LogP contribution is -2.49. The molecule has 1 saturated heterocycles. The minimum Gasteiger partial charge on any atom is -0.352 e. The SMILES string of the molecule is N#Cc1cccnc1N1CCN(C(=O)c2ccc(C(F)(F)F)nc2)CC1. The van der Waals surface area contributed by atoms with Gasteiger partial charge in [0.05, 0.1) is 11.1 Å². The van der Waals surface area contributed by atoms with Gasteiger partial charge in [-0.25, -0.2) is 4.98 Å². The van der Waals surface area contributed by atoms with E-state index in [0.29, 0.717) is 37.6 Å². The smallest absolute Gasteiger partial charge is 0.352 e. The van der Waals surface area contributed by atoms with Gasteiger partial charge in [-0.05, 0) is 24.3 Å². The van der Waals surface area contributed by atoms with Crippen LogP contribution in [0.25, 0.3) is 0 Å². The van der Waals surface area contributed by atoms with Crippen molar-refractivity contribution in [2.24, 2.45) is 0 Å². The van der Waals surface area contributed by atoms with E-state index in [2.05, 4.69) is 16.0 Å². The van der Waals surface area contributed by atoms with Crippen LogP contribution in [-0.2, 0) is 6.18 Å². The largest absolute Gasteiger partial charge is 0.433 e. The second-order valence-corrected chi connectivity index (χ2v) is 5.70. The Morgan fingerprint density at radius 1 is 1.12 bits per heavy atom. The average molecular weight is 361 g/mol. The molecule has 1 aliphatic rings. The number of aromatic nitrogens is 2. The zero-order chi connectivity index (χ0) is 18.7. The standard InChI is InChI=1S/C17H14F3N5O/c18-17(19,20)14-4-3-13(11-23-14)16(26)25-8-6-24(7-9-25)15-12(10-21)2-1-5-22-15/h1-5,11H,6-9H2. The van der Waals surface area contributed by atoms with Gasteiger partial charge in [-0.1, -0.05) is 0 Å². The van der Waals surface area contributed by atoms with Crippen molar-refractivity contribution in [1.29, 1.82) is 5.26 Å². The Kier molecular flexibility index (Phi) is 4.75. The summed E-state index contributed by atoms with van der Waals surface area (Å²) in [7, 11) is 0. The molecule has 134 valence electrons. The third-order valence-electron chi connectivity index (χ3n) is 4.07. The van der Waals surface area contributed by atoms with Gasteiger partial charge in [0, 0.05) is 38.6 Å². The van der Waals surface area contributed by atoms with Crippen LogP contribution >= 0.6 is 0 Å². The molecule has 0 spiro atoms. The molecule has 1 amide bonds. The summed E-state index contributed by atoms with van der Waals surface area (Å²) in [6.07, 6.45) is -1.99. The van der Waals surface area contributed by atoms with Gasteiger partial charge in [-0.3, -0.25) is 9.78 Å². The van der Waals surface area contributed by atoms with Crippen LogP contribution in [0, 0.1) is 11.3 Å². The maximum Gasteiger partial charge on any atom is 0.433 e. The number of nitrogens with zero attached hydrogens (tertiary/aromatic N) is 5. The number of rotatable bonds is 2. The van der Waals surface area contributed by atoms with Crippen molar-refractivity contribution in [3.05, 3.63) is 53.5 Å². The van der Waals surface area contributed by atoms with E-state index < -0.39 is 11.9 Å². The van der Waals surface area contributed by atoms with Crippen LogP contribution in [0.15, 0.2) is 36.7 Å². The Hall–Kier alpha value is -3.15.